The summed E-state index contributed by atoms with van der Waals surface area (Å²) in [5.74, 6) is 6.13. The molecule has 0 saturated carbocycles. The van der Waals surface area contributed by atoms with Crippen molar-refractivity contribution in [3.63, 3.8) is 0 Å². The highest BCUT2D eigenvalue weighted by atomic mass is 16.4. The van der Waals surface area contributed by atoms with Crippen LogP contribution in [0.2, 0.25) is 0 Å². The number of rotatable bonds is 1. The van der Waals surface area contributed by atoms with Crippen molar-refractivity contribution >= 4 is 0 Å². The molecule has 0 unspecified atom stereocenters. The van der Waals surface area contributed by atoms with Crippen LogP contribution in [0.4, 0.5) is 0 Å². The molecule has 98 valence electrons. The lowest BCUT2D eigenvalue weighted by molar-refractivity contribution is 0.554. The van der Waals surface area contributed by atoms with Crippen molar-refractivity contribution in [1.29, 1.82) is 5.26 Å². The van der Waals surface area contributed by atoms with Crippen molar-refractivity contribution in [3.8, 4) is 29.4 Å². The number of nitrogens with zero attached hydrogens (tertiary/aromatic N) is 4. The van der Waals surface area contributed by atoms with Gasteiger partial charge in [-0.05, 0) is 30.2 Å². The molecule has 0 aliphatic carbocycles. The molecule has 0 atom stereocenters. The van der Waals surface area contributed by atoms with Gasteiger partial charge in [0.25, 0.3) is 5.89 Å². The van der Waals surface area contributed by atoms with Crippen LogP contribution in [0.25, 0.3) is 11.5 Å². The van der Waals surface area contributed by atoms with Crippen LogP contribution in [0.15, 0.2) is 53.2 Å². The summed E-state index contributed by atoms with van der Waals surface area (Å²) in [6.45, 7) is 0. The van der Waals surface area contributed by atoms with E-state index in [1.54, 1.807) is 42.7 Å². The second-order valence-corrected chi connectivity index (χ2v) is 4.06. The Bertz CT molecular complexity index is 866. The van der Waals surface area contributed by atoms with Crippen molar-refractivity contribution in [3.05, 3.63) is 65.8 Å². The quantitative estimate of drug-likeness (QED) is 0.636. The molecule has 0 N–H and O–H groups in total. The highest BCUT2D eigenvalue weighted by Crippen LogP contribution is 2.21. The molecular formula is C16H8N4O. The number of aromatic nitrogens is 3. The van der Waals surface area contributed by atoms with E-state index in [0.717, 1.165) is 5.56 Å². The van der Waals surface area contributed by atoms with Gasteiger partial charge in [0.1, 0.15) is 0 Å². The van der Waals surface area contributed by atoms with Crippen molar-refractivity contribution in [1.82, 2.24) is 15.2 Å². The van der Waals surface area contributed by atoms with E-state index in [2.05, 4.69) is 33.1 Å². The second-order valence-electron chi connectivity index (χ2n) is 4.06. The lowest BCUT2D eigenvalue weighted by atomic mass is 10.1. The Morgan fingerprint density at radius 2 is 1.90 bits per heavy atom. The molecule has 0 aliphatic rings. The van der Waals surface area contributed by atoms with E-state index in [0.29, 0.717) is 11.1 Å². The first-order valence-corrected chi connectivity index (χ1v) is 6.12. The summed E-state index contributed by atoms with van der Waals surface area (Å²) in [7, 11) is 0. The summed E-state index contributed by atoms with van der Waals surface area (Å²) in [5.41, 5.74) is 1.84. The lowest BCUT2D eigenvalue weighted by Crippen LogP contribution is -1.83. The summed E-state index contributed by atoms with van der Waals surface area (Å²) in [6, 6.07) is 12.8. The van der Waals surface area contributed by atoms with Gasteiger partial charge in [-0.25, -0.2) is 0 Å². The van der Waals surface area contributed by atoms with Gasteiger partial charge in [0.05, 0.1) is 17.2 Å². The zero-order valence-corrected chi connectivity index (χ0v) is 10.8. The molecule has 5 nitrogen and oxygen atoms in total. The molecule has 0 fully saturated rings. The SMILES string of the molecule is N#Cc1ccccc1-c1nnc(C#Cc2cccnc2)o1. The topological polar surface area (TPSA) is 75.6 Å². The van der Waals surface area contributed by atoms with Gasteiger partial charge in [-0.3, -0.25) is 4.98 Å². The molecule has 0 radical (unpaired) electrons. The van der Waals surface area contributed by atoms with E-state index in [1.807, 2.05) is 6.07 Å². The minimum absolute atomic E-state index is 0.196. The van der Waals surface area contributed by atoms with Crippen LogP contribution < -0.4 is 0 Å². The van der Waals surface area contributed by atoms with E-state index >= 15 is 0 Å². The third-order valence-electron chi connectivity index (χ3n) is 2.68. The zero-order valence-electron chi connectivity index (χ0n) is 10.8. The van der Waals surface area contributed by atoms with Gasteiger partial charge in [-0.15, -0.1) is 5.10 Å². The highest BCUT2D eigenvalue weighted by molar-refractivity contribution is 5.62. The molecule has 0 amide bonds. The van der Waals surface area contributed by atoms with Crippen molar-refractivity contribution < 1.29 is 4.42 Å². The fraction of sp³-hybridized carbons (Fsp3) is 0. The zero-order chi connectivity index (χ0) is 14.5. The first-order chi connectivity index (χ1) is 10.4. The van der Waals surface area contributed by atoms with Crippen LogP contribution in [0, 0.1) is 23.2 Å². The Morgan fingerprint density at radius 1 is 1.00 bits per heavy atom. The van der Waals surface area contributed by atoms with Crippen molar-refractivity contribution in [2.45, 2.75) is 0 Å². The number of benzene rings is 1. The summed E-state index contributed by atoms with van der Waals surface area (Å²) >= 11 is 0. The second kappa shape index (κ2) is 5.68. The van der Waals surface area contributed by atoms with Crippen LogP contribution in [0.1, 0.15) is 17.0 Å². The van der Waals surface area contributed by atoms with Gasteiger partial charge in [-0.2, -0.15) is 5.26 Å². The molecule has 1 aromatic carbocycles. The standard InChI is InChI=1S/C16H8N4O/c17-10-13-5-1-2-6-14(13)16-20-19-15(21-16)8-7-12-4-3-9-18-11-12/h1-6,9,11H. The lowest BCUT2D eigenvalue weighted by Gasteiger charge is -1.95. The summed E-state index contributed by atoms with van der Waals surface area (Å²) in [6.07, 6.45) is 3.32. The van der Waals surface area contributed by atoms with Gasteiger partial charge in [-0.1, -0.05) is 23.2 Å². The van der Waals surface area contributed by atoms with Crippen LogP contribution in [-0.2, 0) is 0 Å². The maximum Gasteiger partial charge on any atom is 0.294 e. The van der Waals surface area contributed by atoms with E-state index in [9.17, 15) is 0 Å². The molecule has 0 saturated heterocycles. The van der Waals surface area contributed by atoms with Gasteiger partial charge in [0.2, 0.25) is 5.89 Å². The third kappa shape index (κ3) is 2.78. The molecule has 3 rings (SSSR count). The number of hydrogen-bond donors (Lipinski definition) is 0. The third-order valence-corrected chi connectivity index (χ3v) is 2.68. The smallest absolute Gasteiger partial charge is 0.294 e. The maximum absolute atomic E-state index is 9.06. The molecule has 0 bridgehead atoms. The van der Waals surface area contributed by atoms with Gasteiger partial charge in [0, 0.05) is 18.0 Å². The molecule has 0 aliphatic heterocycles. The molecular weight excluding hydrogens is 264 g/mol. The van der Waals surface area contributed by atoms with Crippen molar-refractivity contribution in [2.24, 2.45) is 0 Å². The number of nitriles is 1. The normalized spacial score (nSPS) is 9.48. The summed E-state index contributed by atoms with van der Waals surface area (Å²) < 4.78 is 5.47. The molecule has 5 heteroatoms. The number of pyridine rings is 1. The number of hydrogen-bond acceptors (Lipinski definition) is 5. The fourth-order valence-corrected chi connectivity index (χ4v) is 1.71. The van der Waals surface area contributed by atoms with Crippen LogP contribution >= 0.6 is 0 Å². The van der Waals surface area contributed by atoms with E-state index in [4.69, 9.17) is 9.68 Å². The average molecular weight is 272 g/mol. The minimum Gasteiger partial charge on any atom is -0.410 e. The Hall–Kier alpha value is -3.44. The van der Waals surface area contributed by atoms with E-state index < -0.39 is 0 Å². The Balaban J connectivity index is 1.91. The molecule has 0 spiro atoms. The van der Waals surface area contributed by atoms with Crippen LogP contribution in [0.3, 0.4) is 0 Å². The molecule has 2 heterocycles. The van der Waals surface area contributed by atoms with Crippen LogP contribution in [-0.4, -0.2) is 15.2 Å². The summed E-state index contributed by atoms with van der Waals surface area (Å²) in [4.78, 5) is 3.97. The molecule has 21 heavy (non-hydrogen) atoms. The predicted octanol–water partition coefficient (Wildman–Crippen LogP) is 2.40. The van der Waals surface area contributed by atoms with Gasteiger partial charge >= 0.3 is 0 Å². The first kappa shape index (κ1) is 12.6. The van der Waals surface area contributed by atoms with E-state index in [1.165, 1.54) is 0 Å². The predicted molar refractivity (Wildman–Crippen MR) is 74.7 cm³/mol. The van der Waals surface area contributed by atoms with Crippen LogP contribution in [0.5, 0.6) is 0 Å². The molecule has 3 aromatic rings. The van der Waals surface area contributed by atoms with Gasteiger partial charge in [0.15, 0.2) is 0 Å². The Morgan fingerprint density at radius 3 is 2.71 bits per heavy atom. The minimum atomic E-state index is 0.196. The maximum atomic E-state index is 9.06. The first-order valence-electron chi connectivity index (χ1n) is 6.12. The van der Waals surface area contributed by atoms with Gasteiger partial charge < -0.3 is 4.42 Å². The summed E-state index contributed by atoms with van der Waals surface area (Å²) in [5, 5.41) is 16.8. The Labute approximate surface area is 120 Å². The average Bonchev–Trinajstić information content (AvgIpc) is 3.02. The molecule has 2 aromatic heterocycles. The van der Waals surface area contributed by atoms with Crippen molar-refractivity contribution in [2.75, 3.05) is 0 Å². The highest BCUT2D eigenvalue weighted by Gasteiger charge is 2.10. The monoisotopic (exact) mass is 272 g/mol. The fourth-order valence-electron chi connectivity index (χ4n) is 1.71. The Kier molecular flexibility index (Phi) is 3.41. The largest absolute Gasteiger partial charge is 0.410 e. The van der Waals surface area contributed by atoms with E-state index in [-0.39, 0.29) is 11.8 Å².